The molecule has 3 aliphatic heterocycles. The molecule has 57 heavy (non-hydrogen) atoms. The number of hydrogen-bond donors (Lipinski definition) is 3. The van der Waals surface area contributed by atoms with Crippen molar-refractivity contribution in [2.75, 3.05) is 7.11 Å². The molecule has 5 aromatic rings. The Morgan fingerprint density at radius 3 is 2.40 bits per heavy atom. The molecular weight excluding hydrogens is 723 g/mol. The molecule has 0 bridgehead atoms. The third kappa shape index (κ3) is 7.05. The zero-order valence-electron chi connectivity index (χ0n) is 34.1. The standard InChI is InChI=1S/C44H53N7O6/c1-9-23(2)37(49-42(53)55-8)41(52)50-24(3)10-16-34(50)39-45-21-33(47-39)27-12-14-29-28(18-27)22-56-36-20-30-26(19-31(29)36)13-15-32-38(30)48-40(46-32)35-17-11-25(4)51(35)43(54)57-44(5,6)7/h12-15,18-21,23-25,34-35,37H,9-11,16-17,22H2,1-8H3,(H,45,47)(H,46,48)(H,49,53)/t23-,24-,25-,34-,35-,37-/m0/s1. The van der Waals surface area contributed by atoms with E-state index in [0.717, 1.165) is 99.3 Å². The second-order valence-corrected chi connectivity index (χ2v) is 17.0. The maximum atomic E-state index is 14.0. The predicted octanol–water partition coefficient (Wildman–Crippen LogP) is 8.95. The van der Waals surface area contributed by atoms with Gasteiger partial charge in [0.25, 0.3) is 0 Å². The van der Waals surface area contributed by atoms with Crippen molar-refractivity contribution >= 4 is 39.9 Å². The lowest BCUT2D eigenvalue weighted by atomic mass is 9.92. The molecule has 0 unspecified atom stereocenters. The van der Waals surface area contributed by atoms with Gasteiger partial charge in [-0.25, -0.2) is 19.6 Å². The van der Waals surface area contributed by atoms with Crippen LogP contribution < -0.4 is 10.1 Å². The summed E-state index contributed by atoms with van der Waals surface area (Å²) in [6.45, 7) is 14.1. The number of rotatable bonds is 7. The van der Waals surface area contributed by atoms with Crippen molar-refractivity contribution in [1.29, 1.82) is 0 Å². The number of methoxy groups -OCH3 is 1. The number of hydrogen-bond acceptors (Lipinski definition) is 8. The van der Waals surface area contributed by atoms with E-state index in [0.29, 0.717) is 6.61 Å². The predicted molar refractivity (Wildman–Crippen MR) is 218 cm³/mol. The Kier molecular flexibility index (Phi) is 9.89. The van der Waals surface area contributed by atoms with Crippen LogP contribution in [0.4, 0.5) is 9.59 Å². The van der Waals surface area contributed by atoms with Gasteiger partial charge in [0.2, 0.25) is 5.91 Å². The van der Waals surface area contributed by atoms with Crippen LogP contribution >= 0.6 is 0 Å². The fraction of sp³-hybridized carbons (Fsp3) is 0.477. The number of benzene rings is 3. The van der Waals surface area contributed by atoms with Gasteiger partial charge in [-0.05, 0) is 113 Å². The molecule has 3 aromatic carbocycles. The van der Waals surface area contributed by atoms with E-state index in [-0.39, 0.29) is 42.1 Å². The first-order valence-electron chi connectivity index (χ1n) is 20.2. The van der Waals surface area contributed by atoms with Crippen LogP contribution in [-0.4, -0.2) is 78.7 Å². The van der Waals surface area contributed by atoms with Crippen molar-refractivity contribution in [1.82, 2.24) is 35.1 Å². The molecule has 3 amide bonds. The number of aromatic amines is 2. The smallest absolute Gasteiger partial charge is 0.411 e. The molecule has 300 valence electrons. The van der Waals surface area contributed by atoms with E-state index in [9.17, 15) is 14.4 Å². The van der Waals surface area contributed by atoms with E-state index >= 15 is 0 Å². The number of carbonyl (C=O) groups is 3. The van der Waals surface area contributed by atoms with Crippen LogP contribution in [0.25, 0.3) is 44.2 Å². The summed E-state index contributed by atoms with van der Waals surface area (Å²) in [7, 11) is 1.31. The average molecular weight is 776 g/mol. The fourth-order valence-electron chi connectivity index (χ4n) is 8.81. The Morgan fingerprint density at radius 2 is 1.68 bits per heavy atom. The van der Waals surface area contributed by atoms with E-state index in [1.807, 2.05) is 57.5 Å². The number of nitrogens with zero attached hydrogens (tertiary/aromatic N) is 4. The number of alkyl carbamates (subject to hydrolysis) is 1. The lowest BCUT2D eigenvalue weighted by molar-refractivity contribution is -0.137. The van der Waals surface area contributed by atoms with E-state index < -0.39 is 17.7 Å². The van der Waals surface area contributed by atoms with Gasteiger partial charge in [-0.1, -0.05) is 38.5 Å². The molecule has 2 saturated heterocycles. The van der Waals surface area contributed by atoms with Crippen LogP contribution in [0.1, 0.15) is 110 Å². The highest BCUT2D eigenvalue weighted by atomic mass is 16.6. The maximum Gasteiger partial charge on any atom is 0.411 e. The van der Waals surface area contributed by atoms with Crippen LogP contribution in [-0.2, 0) is 20.9 Å². The summed E-state index contributed by atoms with van der Waals surface area (Å²) < 4.78 is 17.0. The molecule has 2 aromatic heterocycles. The second kappa shape index (κ2) is 14.7. The van der Waals surface area contributed by atoms with Crippen molar-refractivity contribution in [2.24, 2.45) is 5.92 Å². The van der Waals surface area contributed by atoms with Crippen LogP contribution in [0.15, 0.2) is 48.7 Å². The van der Waals surface area contributed by atoms with Crippen molar-refractivity contribution in [3.05, 3.63) is 65.9 Å². The highest BCUT2D eigenvalue weighted by Gasteiger charge is 2.42. The van der Waals surface area contributed by atoms with Crippen LogP contribution in [0.2, 0.25) is 0 Å². The van der Waals surface area contributed by atoms with Crippen molar-refractivity contribution in [3.63, 3.8) is 0 Å². The molecule has 0 spiro atoms. The Balaban J connectivity index is 1.05. The number of carbonyl (C=O) groups excluding carboxylic acids is 3. The monoisotopic (exact) mass is 775 g/mol. The molecule has 0 saturated carbocycles. The summed E-state index contributed by atoms with van der Waals surface area (Å²) in [5, 5.41) is 4.81. The van der Waals surface area contributed by atoms with E-state index in [1.54, 1.807) is 0 Å². The first-order valence-corrected chi connectivity index (χ1v) is 20.2. The first-order chi connectivity index (χ1) is 27.2. The molecule has 13 nitrogen and oxygen atoms in total. The van der Waals surface area contributed by atoms with Gasteiger partial charge in [0, 0.05) is 23.0 Å². The number of imidazole rings is 2. The number of H-pyrrole nitrogens is 2. The molecule has 8 rings (SSSR count). The van der Waals surface area contributed by atoms with Crippen molar-refractivity contribution in [2.45, 2.75) is 123 Å². The number of nitrogens with one attached hydrogen (secondary N) is 3. The summed E-state index contributed by atoms with van der Waals surface area (Å²) in [5.41, 5.74) is 6.19. The summed E-state index contributed by atoms with van der Waals surface area (Å²) >= 11 is 0. The first kappa shape index (κ1) is 38.3. The maximum absolute atomic E-state index is 14.0. The lowest BCUT2D eigenvalue weighted by Crippen LogP contribution is -2.53. The second-order valence-electron chi connectivity index (χ2n) is 17.0. The van der Waals surface area contributed by atoms with Gasteiger partial charge in [0.1, 0.15) is 35.6 Å². The molecule has 5 heterocycles. The Bertz CT molecular complexity index is 2360. The fourth-order valence-corrected chi connectivity index (χ4v) is 8.81. The summed E-state index contributed by atoms with van der Waals surface area (Å²) in [6, 6.07) is 13.7. The van der Waals surface area contributed by atoms with Gasteiger partial charge >= 0.3 is 12.2 Å². The quantitative estimate of drug-likeness (QED) is 0.148. The van der Waals surface area contributed by atoms with E-state index in [1.165, 1.54) is 7.11 Å². The van der Waals surface area contributed by atoms with Crippen LogP contribution in [0.3, 0.4) is 0 Å². The minimum atomic E-state index is -0.694. The molecule has 6 atom stereocenters. The summed E-state index contributed by atoms with van der Waals surface area (Å²) in [5.74, 6) is 2.09. The third-order valence-corrected chi connectivity index (χ3v) is 12.0. The van der Waals surface area contributed by atoms with Gasteiger partial charge in [0.15, 0.2) is 0 Å². The number of likely N-dealkylation sites (tertiary alicyclic amines) is 2. The Labute approximate surface area is 332 Å². The van der Waals surface area contributed by atoms with Crippen LogP contribution in [0.5, 0.6) is 5.75 Å². The van der Waals surface area contributed by atoms with Gasteiger partial charge in [-0.2, -0.15) is 0 Å². The van der Waals surface area contributed by atoms with Gasteiger partial charge in [-0.3, -0.25) is 9.69 Å². The molecule has 3 N–H and O–H groups in total. The molecule has 3 aliphatic rings. The number of aromatic nitrogens is 4. The highest BCUT2D eigenvalue weighted by Crippen LogP contribution is 2.44. The van der Waals surface area contributed by atoms with Gasteiger partial charge in [0.05, 0.1) is 42.1 Å². The minimum Gasteiger partial charge on any atom is -0.488 e. The van der Waals surface area contributed by atoms with Gasteiger partial charge in [-0.15, -0.1) is 0 Å². The number of amides is 3. The molecule has 0 radical (unpaired) electrons. The number of fused-ring (bicyclic) bond motifs is 6. The summed E-state index contributed by atoms with van der Waals surface area (Å²) in [4.78, 5) is 60.0. The molecule has 13 heteroatoms. The normalized spacial score (nSPS) is 21.5. The van der Waals surface area contributed by atoms with Crippen LogP contribution in [0, 0.1) is 5.92 Å². The van der Waals surface area contributed by atoms with Gasteiger partial charge < -0.3 is 34.4 Å². The summed E-state index contributed by atoms with van der Waals surface area (Å²) in [6.07, 6.45) is 4.92. The van der Waals surface area contributed by atoms with E-state index in [2.05, 4.69) is 64.7 Å². The average Bonchev–Trinajstić information content (AvgIpc) is 4.00. The minimum absolute atomic E-state index is 0.00379. The lowest BCUT2D eigenvalue weighted by Gasteiger charge is -2.33. The molecule has 0 aliphatic carbocycles. The SMILES string of the molecule is CC[C@H](C)[C@H](NC(=O)OC)C(=O)N1[C@@H](C)CC[C@H]1c1ncc(-c2ccc3c(c2)COc2cc4c(ccc5[nH]c([C@@H]6CC[C@H](C)N6C(=O)OC(C)(C)C)nc54)cc2-3)[nH]1. The van der Waals surface area contributed by atoms with Crippen molar-refractivity contribution in [3.8, 4) is 28.1 Å². The highest BCUT2D eigenvalue weighted by molar-refractivity contribution is 6.07. The van der Waals surface area contributed by atoms with Crippen molar-refractivity contribution < 1.29 is 28.6 Å². The third-order valence-electron chi connectivity index (χ3n) is 12.0. The zero-order chi connectivity index (χ0) is 40.3. The molecule has 2 fully saturated rings. The number of ether oxygens (including phenoxy) is 3. The zero-order valence-corrected chi connectivity index (χ0v) is 34.1. The topological polar surface area (TPSA) is 155 Å². The molecular formula is C44H53N7O6. The Morgan fingerprint density at radius 1 is 0.947 bits per heavy atom. The largest absolute Gasteiger partial charge is 0.488 e. The Hall–Kier alpha value is -5.59. The van der Waals surface area contributed by atoms with E-state index in [4.69, 9.17) is 24.2 Å².